The molecule has 0 atom stereocenters. The van der Waals surface area contributed by atoms with Crippen LogP contribution in [0.5, 0.6) is 0 Å². The molecule has 1 aromatic rings. The molecule has 0 spiro atoms. The second kappa shape index (κ2) is 12.0. The minimum absolute atomic E-state index is 0. The van der Waals surface area contributed by atoms with Gasteiger partial charge in [0.1, 0.15) is 0 Å². The molecule has 1 heterocycles. The van der Waals surface area contributed by atoms with Gasteiger partial charge in [-0.05, 0) is 6.07 Å². The molecule has 0 aromatic carbocycles. The number of pyridine rings is 1. The van der Waals surface area contributed by atoms with Crippen LogP contribution in [0.4, 0.5) is 0 Å². The summed E-state index contributed by atoms with van der Waals surface area (Å²) in [5.41, 5.74) is 4.40. The number of hydrogen-bond donors (Lipinski definition) is 1. The molecule has 0 saturated carbocycles. The molecule has 6 heteroatoms. The molecule has 1 rings (SSSR count). The first-order valence-corrected chi connectivity index (χ1v) is 6.46. The maximum absolute atomic E-state index is 11.2. The molecule has 0 aliphatic carbocycles. The Morgan fingerprint density at radius 1 is 1.30 bits per heavy atom. The van der Waals surface area contributed by atoms with Crippen LogP contribution in [-0.4, -0.2) is 35.4 Å². The van der Waals surface area contributed by atoms with E-state index in [-0.39, 0.29) is 18.8 Å². The maximum atomic E-state index is 11.2. The van der Waals surface area contributed by atoms with E-state index in [1.807, 2.05) is 13.8 Å². The smallest absolute Gasteiger partial charge is 0.250 e. The summed E-state index contributed by atoms with van der Waals surface area (Å²) in [6.07, 6.45) is 2.04. The van der Waals surface area contributed by atoms with Gasteiger partial charge in [0.05, 0.1) is 0 Å². The fraction of sp³-hybridized carbons (Fsp3) is 0.500. The van der Waals surface area contributed by atoms with Crippen molar-refractivity contribution >= 4 is 11.8 Å². The average Bonchev–Trinajstić information content (AvgIpc) is 2.39. The Hall–Kier alpha value is -2.11. The molecule has 0 saturated heterocycles. The van der Waals surface area contributed by atoms with Gasteiger partial charge in [-0.25, -0.2) is 0 Å². The van der Waals surface area contributed by atoms with Crippen molar-refractivity contribution < 1.29 is 11.0 Å². The monoisotopic (exact) mass is 285 g/mol. The molecule has 6 nitrogen and oxygen atoms in total. The number of carbonyl (C=O) groups excluding carboxylic acids is 2. The van der Waals surface area contributed by atoms with Gasteiger partial charge in [0.2, 0.25) is 11.8 Å². The summed E-state index contributed by atoms with van der Waals surface area (Å²) in [5, 5.41) is 0. The molecule has 0 aliphatic rings. The van der Waals surface area contributed by atoms with E-state index in [2.05, 4.69) is 5.73 Å². The molecule has 1 aromatic heterocycles. The topological polar surface area (TPSA) is 85.4 Å². The number of nitrogens with zero attached hydrogens (tertiary/aromatic N) is 2. The lowest BCUT2D eigenvalue weighted by molar-refractivity contribution is -0.128. The minimum Gasteiger partial charge on any atom is -0.370 e. The van der Waals surface area contributed by atoms with Crippen LogP contribution in [0.15, 0.2) is 29.2 Å². The van der Waals surface area contributed by atoms with Crippen molar-refractivity contribution in [3.63, 3.8) is 0 Å². The molecule has 0 unspecified atom stereocenters. The lowest BCUT2D eigenvalue weighted by Gasteiger charge is -2.10. The van der Waals surface area contributed by atoms with Gasteiger partial charge in [-0.3, -0.25) is 14.4 Å². The fourth-order valence-electron chi connectivity index (χ4n) is 1.09. The Balaban J connectivity index is -0.000000401. The van der Waals surface area contributed by atoms with Crippen LogP contribution in [-0.2, 0) is 16.1 Å². The van der Waals surface area contributed by atoms with Gasteiger partial charge in [-0.15, -0.1) is 0 Å². The van der Waals surface area contributed by atoms with Crippen LogP contribution in [0.3, 0.4) is 0 Å². The van der Waals surface area contributed by atoms with Gasteiger partial charge in [0.15, 0.2) is 0 Å². The fourth-order valence-corrected chi connectivity index (χ4v) is 1.09. The molecule has 0 radical (unpaired) electrons. The van der Waals surface area contributed by atoms with Crippen molar-refractivity contribution in [3.8, 4) is 0 Å². The highest BCUT2D eigenvalue weighted by Gasteiger charge is 2.03. The van der Waals surface area contributed by atoms with Gasteiger partial charge < -0.3 is 15.2 Å². The van der Waals surface area contributed by atoms with E-state index >= 15 is 0 Å². The molecule has 0 bridgehead atoms. The maximum Gasteiger partial charge on any atom is 0.250 e. The summed E-state index contributed by atoms with van der Waals surface area (Å²) in [4.78, 5) is 33.2. The molecule has 2 N–H and O–H groups in total. The third-order valence-corrected chi connectivity index (χ3v) is 1.96. The number of rotatable bonds is 3. The van der Waals surface area contributed by atoms with E-state index in [1.165, 1.54) is 22.5 Å². The largest absolute Gasteiger partial charge is 0.370 e. The van der Waals surface area contributed by atoms with E-state index in [4.69, 9.17) is 0 Å². The molecule has 0 aliphatic heterocycles. The summed E-state index contributed by atoms with van der Waals surface area (Å²) in [6, 6.07) is 4.95. The third-order valence-electron chi connectivity index (χ3n) is 1.96. The van der Waals surface area contributed by atoms with Crippen LogP contribution < -0.4 is 11.3 Å². The zero-order valence-corrected chi connectivity index (χ0v) is 12.9. The number of amides is 2. The van der Waals surface area contributed by atoms with Crippen molar-refractivity contribution in [1.82, 2.24) is 9.47 Å². The zero-order chi connectivity index (χ0) is 16.1. The van der Waals surface area contributed by atoms with Crippen LogP contribution in [0.25, 0.3) is 0 Å². The highest BCUT2D eigenvalue weighted by Crippen LogP contribution is 1.91. The highest BCUT2D eigenvalue weighted by molar-refractivity contribution is 5.75. The number of primary amides is 1. The van der Waals surface area contributed by atoms with E-state index in [1.54, 1.807) is 32.4 Å². The average molecular weight is 285 g/mol. The first-order chi connectivity index (χ1) is 9.34. The van der Waals surface area contributed by atoms with Crippen molar-refractivity contribution in [2.24, 2.45) is 5.73 Å². The van der Waals surface area contributed by atoms with Crippen molar-refractivity contribution in [2.75, 3.05) is 14.1 Å². The van der Waals surface area contributed by atoms with Crippen molar-refractivity contribution in [1.29, 1.82) is 0 Å². The predicted molar refractivity (Wildman–Crippen MR) is 82.3 cm³/mol. The Labute approximate surface area is 121 Å². The SMILES string of the molecule is CC.CC(N)=O.CN(C)C(=O)CCn1ccccc1=O.[HH]. The number of nitrogens with two attached hydrogens (primary N) is 1. The summed E-state index contributed by atoms with van der Waals surface area (Å²) in [6.45, 7) is 5.75. The van der Waals surface area contributed by atoms with Crippen LogP contribution in [0.1, 0.15) is 28.6 Å². The molecule has 0 fully saturated rings. The summed E-state index contributed by atoms with van der Waals surface area (Å²) >= 11 is 0. The summed E-state index contributed by atoms with van der Waals surface area (Å²) in [5.74, 6) is -0.305. The second-order valence-corrected chi connectivity index (χ2v) is 3.88. The predicted octanol–water partition coefficient (Wildman–Crippen LogP) is 1.09. The zero-order valence-electron chi connectivity index (χ0n) is 12.9. The van der Waals surface area contributed by atoms with Crippen LogP contribution in [0, 0.1) is 0 Å². The van der Waals surface area contributed by atoms with Gasteiger partial charge in [-0.2, -0.15) is 0 Å². The number of hydrogen-bond acceptors (Lipinski definition) is 3. The van der Waals surface area contributed by atoms with Gasteiger partial charge in [-0.1, -0.05) is 19.9 Å². The number of aryl methyl sites for hydroxylation is 1. The van der Waals surface area contributed by atoms with Gasteiger partial charge in [0.25, 0.3) is 5.56 Å². The minimum atomic E-state index is -0.333. The molecule has 20 heavy (non-hydrogen) atoms. The molecular formula is C14H27N3O3. The summed E-state index contributed by atoms with van der Waals surface area (Å²) < 4.78 is 1.53. The first kappa shape index (κ1) is 20.2. The van der Waals surface area contributed by atoms with Gasteiger partial charge in [0, 0.05) is 47.7 Å². The van der Waals surface area contributed by atoms with E-state index in [0.717, 1.165) is 0 Å². The van der Waals surface area contributed by atoms with E-state index in [9.17, 15) is 14.4 Å². The van der Waals surface area contributed by atoms with Crippen molar-refractivity contribution in [2.45, 2.75) is 33.7 Å². The molecule has 2 amide bonds. The normalized spacial score (nSPS) is 8.45. The Morgan fingerprint density at radius 3 is 2.20 bits per heavy atom. The van der Waals surface area contributed by atoms with Crippen molar-refractivity contribution in [3.05, 3.63) is 34.7 Å². The first-order valence-electron chi connectivity index (χ1n) is 6.46. The Bertz CT molecular complexity index is 455. The summed E-state index contributed by atoms with van der Waals surface area (Å²) in [7, 11) is 3.41. The Morgan fingerprint density at radius 2 is 1.80 bits per heavy atom. The quantitative estimate of drug-likeness (QED) is 0.902. The number of carbonyl (C=O) groups is 2. The lowest BCUT2D eigenvalue weighted by atomic mass is 10.3. The van der Waals surface area contributed by atoms with E-state index in [0.29, 0.717) is 13.0 Å². The van der Waals surface area contributed by atoms with Crippen LogP contribution in [0.2, 0.25) is 0 Å². The number of aromatic nitrogens is 1. The second-order valence-electron chi connectivity index (χ2n) is 3.88. The standard InChI is InChI=1S/C10H14N2O2.C2H5NO.C2H6.H2/c1-11(2)9(13)6-8-12-7-4-3-5-10(12)14;1-2(3)4;1-2;/h3-5,7H,6,8H2,1-2H3;1H3,(H2,3,4);1-2H3;1H. The van der Waals surface area contributed by atoms with E-state index < -0.39 is 0 Å². The molecule has 116 valence electrons. The third kappa shape index (κ3) is 11.0. The Kier molecular flexibility index (Phi) is 12.1. The van der Waals surface area contributed by atoms with Gasteiger partial charge >= 0.3 is 0 Å². The lowest BCUT2D eigenvalue weighted by Crippen LogP contribution is -2.25. The molecular weight excluding hydrogens is 258 g/mol. The van der Waals surface area contributed by atoms with Crippen LogP contribution >= 0.6 is 0 Å². The highest BCUT2D eigenvalue weighted by atomic mass is 16.2.